The molecular weight excluding hydrogens is 302 g/mol. The molecule has 0 aliphatic rings. The van der Waals surface area contributed by atoms with Gasteiger partial charge in [0, 0.05) is 13.7 Å². The monoisotopic (exact) mass is 321 g/mol. The summed E-state index contributed by atoms with van der Waals surface area (Å²) in [5.41, 5.74) is 0. The van der Waals surface area contributed by atoms with Crippen LogP contribution in [0.4, 0.5) is 4.79 Å². The first-order valence-electron chi connectivity index (χ1n) is 6.08. The maximum atomic E-state index is 11.4. The Bertz CT molecular complexity index is 366. The lowest BCUT2D eigenvalue weighted by molar-refractivity contribution is -0.140. The fourth-order valence-corrected chi connectivity index (χ4v) is 2.00. The van der Waals surface area contributed by atoms with Gasteiger partial charge in [-0.1, -0.05) is 0 Å². The summed E-state index contributed by atoms with van der Waals surface area (Å²) < 4.78 is 4.73. The summed E-state index contributed by atoms with van der Waals surface area (Å²) in [5, 5.41) is 15.5. The number of urea groups is 1. The molecule has 0 aliphatic heterocycles. The van der Waals surface area contributed by atoms with Crippen molar-refractivity contribution in [1.82, 2.24) is 16.0 Å². The Kier molecular flexibility index (Phi) is 10.9. The van der Waals surface area contributed by atoms with Gasteiger partial charge in [-0.3, -0.25) is 14.9 Å². The van der Waals surface area contributed by atoms with E-state index in [1.54, 1.807) is 0 Å². The van der Waals surface area contributed by atoms with Gasteiger partial charge in [-0.05, 0) is 12.2 Å². The molecule has 1 atom stereocenters. The number of thioether (sulfide) groups is 1. The van der Waals surface area contributed by atoms with Crippen LogP contribution in [0.5, 0.6) is 0 Å². The zero-order valence-corrected chi connectivity index (χ0v) is 12.4. The van der Waals surface area contributed by atoms with Crippen molar-refractivity contribution in [2.45, 2.75) is 12.5 Å². The number of aliphatic carboxylic acids is 1. The van der Waals surface area contributed by atoms with Gasteiger partial charge < -0.3 is 20.5 Å². The molecule has 10 heteroatoms. The summed E-state index contributed by atoms with van der Waals surface area (Å²) in [5.74, 6) is -1.24. The first-order chi connectivity index (χ1) is 10.0. The number of ether oxygens (including phenoxy) is 1. The zero-order valence-electron chi connectivity index (χ0n) is 11.6. The van der Waals surface area contributed by atoms with Gasteiger partial charge in [-0.25, -0.2) is 9.59 Å². The molecule has 0 rings (SSSR count). The van der Waals surface area contributed by atoms with E-state index < -0.39 is 23.9 Å². The topological polar surface area (TPSA) is 134 Å². The number of hydrogen-bond acceptors (Lipinski definition) is 6. The van der Waals surface area contributed by atoms with E-state index in [0.717, 1.165) is 0 Å². The van der Waals surface area contributed by atoms with Gasteiger partial charge in [0.2, 0.25) is 12.3 Å². The Morgan fingerprint density at radius 2 is 2.10 bits per heavy atom. The molecule has 0 aliphatic carbocycles. The van der Waals surface area contributed by atoms with Crippen LogP contribution in [0.25, 0.3) is 0 Å². The van der Waals surface area contributed by atoms with E-state index in [9.17, 15) is 19.2 Å². The van der Waals surface area contributed by atoms with Gasteiger partial charge in [0.25, 0.3) is 0 Å². The van der Waals surface area contributed by atoms with Crippen molar-refractivity contribution in [1.29, 1.82) is 0 Å². The van der Waals surface area contributed by atoms with Crippen LogP contribution in [0.1, 0.15) is 6.42 Å². The highest BCUT2D eigenvalue weighted by Gasteiger charge is 2.16. The smallest absolute Gasteiger partial charge is 0.326 e. The highest BCUT2D eigenvalue weighted by Crippen LogP contribution is 2.04. The van der Waals surface area contributed by atoms with Crippen LogP contribution < -0.4 is 16.0 Å². The molecule has 0 heterocycles. The van der Waals surface area contributed by atoms with Gasteiger partial charge >= 0.3 is 12.0 Å². The third kappa shape index (κ3) is 10.6. The molecule has 21 heavy (non-hydrogen) atoms. The maximum Gasteiger partial charge on any atom is 0.326 e. The Morgan fingerprint density at radius 1 is 1.38 bits per heavy atom. The Morgan fingerprint density at radius 3 is 2.67 bits per heavy atom. The van der Waals surface area contributed by atoms with Crippen molar-refractivity contribution in [3.05, 3.63) is 0 Å². The third-order valence-electron chi connectivity index (χ3n) is 2.20. The SMILES string of the molecule is COCCNC(=O)NC(=O)CSCCC(NC=O)C(=O)O. The number of amides is 4. The minimum absolute atomic E-state index is 0.0190. The van der Waals surface area contributed by atoms with Crippen molar-refractivity contribution in [3.8, 4) is 0 Å². The van der Waals surface area contributed by atoms with Gasteiger partial charge in [0.15, 0.2) is 0 Å². The minimum atomic E-state index is -1.13. The number of imide groups is 1. The molecule has 0 radical (unpaired) electrons. The van der Waals surface area contributed by atoms with Crippen LogP contribution >= 0.6 is 11.8 Å². The summed E-state index contributed by atoms with van der Waals surface area (Å²) >= 11 is 1.17. The first-order valence-corrected chi connectivity index (χ1v) is 7.23. The lowest BCUT2D eigenvalue weighted by atomic mass is 10.2. The third-order valence-corrected chi connectivity index (χ3v) is 3.19. The molecule has 120 valence electrons. The van der Waals surface area contributed by atoms with Crippen LogP contribution in [0.15, 0.2) is 0 Å². The lowest BCUT2D eigenvalue weighted by Crippen LogP contribution is -2.41. The van der Waals surface area contributed by atoms with Crippen LogP contribution in [-0.2, 0) is 19.1 Å². The number of methoxy groups -OCH3 is 1. The van der Waals surface area contributed by atoms with E-state index in [2.05, 4.69) is 16.0 Å². The molecule has 9 nitrogen and oxygen atoms in total. The summed E-state index contributed by atoms with van der Waals surface area (Å²) in [6, 6.07) is -1.58. The molecule has 4 amide bonds. The van der Waals surface area contributed by atoms with Gasteiger partial charge in [0.1, 0.15) is 6.04 Å². The van der Waals surface area contributed by atoms with E-state index >= 15 is 0 Å². The van der Waals surface area contributed by atoms with Crippen molar-refractivity contribution in [2.75, 3.05) is 31.8 Å². The molecule has 1 unspecified atom stereocenters. The Labute approximate surface area is 126 Å². The normalized spacial score (nSPS) is 11.3. The molecule has 4 N–H and O–H groups in total. The van der Waals surface area contributed by atoms with E-state index in [1.165, 1.54) is 18.9 Å². The second-order valence-electron chi connectivity index (χ2n) is 3.81. The van der Waals surface area contributed by atoms with Crippen molar-refractivity contribution in [3.63, 3.8) is 0 Å². The highest BCUT2D eigenvalue weighted by molar-refractivity contribution is 7.99. The average Bonchev–Trinajstić information content (AvgIpc) is 2.42. The fourth-order valence-electron chi connectivity index (χ4n) is 1.20. The van der Waals surface area contributed by atoms with Crippen LogP contribution in [0, 0.1) is 0 Å². The van der Waals surface area contributed by atoms with Crippen LogP contribution in [0.2, 0.25) is 0 Å². The Hall–Kier alpha value is -1.81. The van der Waals surface area contributed by atoms with Crippen molar-refractivity contribution >= 4 is 36.1 Å². The predicted octanol–water partition coefficient (Wildman–Crippen LogP) is -1.22. The molecule has 0 fully saturated rings. The van der Waals surface area contributed by atoms with Crippen molar-refractivity contribution < 1.29 is 29.0 Å². The summed E-state index contributed by atoms with van der Waals surface area (Å²) in [6.07, 6.45) is 0.507. The number of nitrogens with one attached hydrogen (secondary N) is 3. The standard InChI is InChI=1S/C11H19N3O6S/c1-20-4-3-12-11(19)14-9(16)6-21-5-2-8(10(17)18)13-7-15/h7-8H,2-6H2,1H3,(H,13,15)(H,17,18)(H2,12,14,16,19). The molecule has 0 saturated carbocycles. The first kappa shape index (κ1) is 19.2. The number of hydrogen-bond donors (Lipinski definition) is 4. The number of carbonyl (C=O) groups is 4. The lowest BCUT2D eigenvalue weighted by Gasteiger charge is -2.10. The summed E-state index contributed by atoms with van der Waals surface area (Å²) in [7, 11) is 1.49. The maximum absolute atomic E-state index is 11.4. The molecule has 0 aromatic carbocycles. The largest absolute Gasteiger partial charge is 0.480 e. The number of rotatable bonds is 11. The quantitative estimate of drug-likeness (QED) is 0.277. The summed E-state index contributed by atoms with van der Waals surface area (Å²) in [4.78, 5) is 43.5. The highest BCUT2D eigenvalue weighted by atomic mass is 32.2. The molecular formula is C11H19N3O6S. The fraction of sp³-hybridized carbons (Fsp3) is 0.636. The molecule has 0 aromatic rings. The van der Waals surface area contributed by atoms with E-state index in [-0.39, 0.29) is 12.2 Å². The minimum Gasteiger partial charge on any atom is -0.480 e. The van der Waals surface area contributed by atoms with E-state index in [1.807, 2.05) is 0 Å². The van der Waals surface area contributed by atoms with E-state index in [4.69, 9.17) is 9.84 Å². The zero-order chi connectivity index (χ0) is 16.1. The van der Waals surface area contributed by atoms with Crippen LogP contribution in [0.3, 0.4) is 0 Å². The number of carboxylic acids is 1. The van der Waals surface area contributed by atoms with E-state index in [0.29, 0.717) is 25.3 Å². The van der Waals surface area contributed by atoms with Gasteiger partial charge in [0.05, 0.1) is 12.4 Å². The van der Waals surface area contributed by atoms with Crippen molar-refractivity contribution in [2.24, 2.45) is 0 Å². The number of carboxylic acid groups (broad SMARTS) is 1. The van der Waals surface area contributed by atoms with Gasteiger partial charge in [-0.2, -0.15) is 11.8 Å². The second-order valence-corrected chi connectivity index (χ2v) is 4.92. The Balaban J connectivity index is 3.76. The molecule has 0 spiro atoms. The average molecular weight is 321 g/mol. The predicted molar refractivity (Wildman–Crippen MR) is 76.0 cm³/mol. The number of carbonyl (C=O) groups excluding carboxylic acids is 3. The molecule has 0 bridgehead atoms. The molecule has 0 aromatic heterocycles. The van der Waals surface area contributed by atoms with Gasteiger partial charge in [-0.15, -0.1) is 0 Å². The van der Waals surface area contributed by atoms with Crippen LogP contribution in [-0.4, -0.2) is 67.2 Å². The summed E-state index contributed by atoms with van der Waals surface area (Å²) in [6.45, 7) is 0.636. The second kappa shape index (κ2) is 12.0. The molecule has 0 saturated heterocycles.